The highest BCUT2D eigenvalue weighted by atomic mass is 32.1. The van der Waals surface area contributed by atoms with Crippen molar-refractivity contribution in [2.75, 3.05) is 24.6 Å². The van der Waals surface area contributed by atoms with Gasteiger partial charge in [0.2, 0.25) is 0 Å². The standard InChI is InChI=1S/C15H16N4O2S/c20-14-17-9-7-16-5-3-10(9)19(14)15-18-13-8-4-6-21-11(8)1-2-12(13)22-15/h1-2,9-10,16H,3-7H2,(H,17,20)/t9?,10-/m1/s1. The van der Waals surface area contributed by atoms with Gasteiger partial charge >= 0.3 is 6.03 Å². The summed E-state index contributed by atoms with van der Waals surface area (Å²) in [6, 6.07) is 4.44. The Balaban J connectivity index is 1.60. The average Bonchev–Trinajstić information content (AvgIpc) is 3.20. The molecule has 6 nitrogen and oxygen atoms in total. The number of benzene rings is 1. The Kier molecular flexibility index (Phi) is 2.63. The van der Waals surface area contributed by atoms with E-state index in [0.29, 0.717) is 0 Å². The van der Waals surface area contributed by atoms with Crippen LogP contribution in [0.2, 0.25) is 0 Å². The van der Waals surface area contributed by atoms with Gasteiger partial charge in [0.15, 0.2) is 5.13 Å². The summed E-state index contributed by atoms with van der Waals surface area (Å²) in [5.41, 5.74) is 2.18. The van der Waals surface area contributed by atoms with Gasteiger partial charge in [-0.1, -0.05) is 11.3 Å². The topological polar surface area (TPSA) is 66.5 Å². The molecule has 3 aliphatic rings. The fraction of sp³-hybridized carbons (Fsp3) is 0.467. The maximum Gasteiger partial charge on any atom is 0.324 e. The van der Waals surface area contributed by atoms with Crippen LogP contribution in [0.25, 0.3) is 10.2 Å². The maximum atomic E-state index is 12.4. The van der Waals surface area contributed by atoms with Crippen molar-refractivity contribution in [3.8, 4) is 5.75 Å². The highest BCUT2D eigenvalue weighted by Gasteiger charge is 2.42. The number of fused-ring (bicyclic) bond motifs is 4. The lowest BCUT2D eigenvalue weighted by atomic mass is 10.0. The number of rotatable bonds is 1. The molecule has 2 N–H and O–H groups in total. The normalized spacial score (nSPS) is 26.7. The lowest BCUT2D eigenvalue weighted by molar-refractivity contribution is 0.250. The number of amides is 2. The molecule has 2 fully saturated rings. The molecular formula is C15H16N4O2S. The SMILES string of the molecule is O=C1NC2CNCC[C@H]2N1c1nc2c3c(ccc2s1)OCC3. The molecular weight excluding hydrogens is 300 g/mol. The molecule has 1 aromatic carbocycles. The van der Waals surface area contributed by atoms with Gasteiger partial charge in [-0.2, -0.15) is 0 Å². The van der Waals surface area contributed by atoms with Crippen LogP contribution in [0.1, 0.15) is 12.0 Å². The molecule has 4 heterocycles. The quantitative estimate of drug-likeness (QED) is 0.836. The molecule has 0 radical (unpaired) electrons. The summed E-state index contributed by atoms with van der Waals surface area (Å²) in [4.78, 5) is 19.0. The monoisotopic (exact) mass is 316 g/mol. The zero-order valence-electron chi connectivity index (χ0n) is 12.0. The molecule has 1 unspecified atom stereocenters. The molecule has 0 saturated carbocycles. The number of anilines is 1. The predicted octanol–water partition coefficient (Wildman–Crippen LogP) is 1.49. The van der Waals surface area contributed by atoms with Gasteiger partial charge in [-0.05, 0) is 25.1 Å². The first-order chi connectivity index (χ1) is 10.8. The van der Waals surface area contributed by atoms with Crippen LogP contribution in [0.4, 0.5) is 9.93 Å². The predicted molar refractivity (Wildman–Crippen MR) is 84.9 cm³/mol. The van der Waals surface area contributed by atoms with Gasteiger partial charge in [0.25, 0.3) is 0 Å². The first kappa shape index (κ1) is 12.7. The number of carbonyl (C=O) groups is 1. The summed E-state index contributed by atoms with van der Waals surface area (Å²) in [5, 5.41) is 7.21. The minimum Gasteiger partial charge on any atom is -0.493 e. The highest BCUT2D eigenvalue weighted by molar-refractivity contribution is 7.22. The molecule has 2 aromatic rings. The second kappa shape index (κ2) is 4.57. The van der Waals surface area contributed by atoms with Crippen molar-refractivity contribution < 1.29 is 9.53 Å². The third kappa shape index (κ3) is 1.69. The van der Waals surface area contributed by atoms with Crippen LogP contribution in [0, 0.1) is 0 Å². The van der Waals surface area contributed by atoms with Gasteiger partial charge in [0.05, 0.1) is 28.9 Å². The molecule has 0 bridgehead atoms. The van der Waals surface area contributed by atoms with Crippen LogP contribution in [0.15, 0.2) is 12.1 Å². The Labute approximate surface area is 131 Å². The number of carbonyl (C=O) groups excluding carboxylic acids is 1. The number of hydrogen-bond donors (Lipinski definition) is 2. The van der Waals surface area contributed by atoms with Crippen LogP contribution in [0.5, 0.6) is 5.75 Å². The number of nitrogens with zero attached hydrogens (tertiary/aromatic N) is 2. The van der Waals surface area contributed by atoms with E-state index < -0.39 is 0 Å². The lowest BCUT2D eigenvalue weighted by Gasteiger charge is -2.28. The summed E-state index contributed by atoms with van der Waals surface area (Å²) in [7, 11) is 0. The molecule has 22 heavy (non-hydrogen) atoms. The fourth-order valence-electron chi connectivity index (χ4n) is 3.67. The summed E-state index contributed by atoms with van der Waals surface area (Å²) in [5.74, 6) is 0.940. The highest BCUT2D eigenvalue weighted by Crippen LogP contribution is 2.39. The van der Waals surface area contributed by atoms with Gasteiger partial charge in [-0.25, -0.2) is 9.78 Å². The van der Waals surface area contributed by atoms with E-state index in [1.165, 1.54) is 5.56 Å². The van der Waals surface area contributed by atoms with E-state index in [0.717, 1.165) is 53.6 Å². The summed E-state index contributed by atoms with van der Waals surface area (Å²) in [6.45, 7) is 2.50. The van der Waals surface area contributed by atoms with E-state index in [2.05, 4.69) is 16.7 Å². The molecule has 1 aromatic heterocycles. The molecule has 2 amide bonds. The molecule has 0 aliphatic carbocycles. The fourth-order valence-corrected chi connectivity index (χ4v) is 4.72. The summed E-state index contributed by atoms with van der Waals surface area (Å²) < 4.78 is 6.74. The maximum absolute atomic E-state index is 12.4. The number of aromatic nitrogens is 1. The van der Waals surface area contributed by atoms with Crippen molar-refractivity contribution >= 4 is 32.7 Å². The Morgan fingerprint density at radius 1 is 1.41 bits per heavy atom. The molecule has 0 spiro atoms. The molecule has 7 heteroatoms. The minimum absolute atomic E-state index is 0.0225. The van der Waals surface area contributed by atoms with Crippen molar-refractivity contribution in [2.24, 2.45) is 0 Å². The summed E-state index contributed by atoms with van der Waals surface area (Å²) in [6.07, 6.45) is 1.86. The Morgan fingerprint density at radius 3 is 3.32 bits per heavy atom. The molecule has 3 aliphatic heterocycles. The first-order valence-electron chi connectivity index (χ1n) is 7.67. The number of ether oxygens (including phenoxy) is 1. The van der Waals surface area contributed by atoms with Gasteiger partial charge in [0.1, 0.15) is 5.75 Å². The molecule has 2 saturated heterocycles. The van der Waals surface area contributed by atoms with Crippen LogP contribution in [-0.2, 0) is 6.42 Å². The number of hydrogen-bond acceptors (Lipinski definition) is 5. The van der Waals surface area contributed by atoms with E-state index in [1.54, 1.807) is 11.3 Å². The van der Waals surface area contributed by atoms with Crippen molar-refractivity contribution in [2.45, 2.75) is 24.9 Å². The lowest BCUT2D eigenvalue weighted by Crippen LogP contribution is -2.49. The van der Waals surface area contributed by atoms with E-state index in [1.807, 2.05) is 11.0 Å². The zero-order valence-corrected chi connectivity index (χ0v) is 12.8. The largest absolute Gasteiger partial charge is 0.493 e. The number of piperidine rings is 1. The van der Waals surface area contributed by atoms with E-state index in [4.69, 9.17) is 9.72 Å². The number of thiazole rings is 1. The van der Waals surface area contributed by atoms with Crippen LogP contribution >= 0.6 is 11.3 Å². The second-order valence-electron chi connectivity index (χ2n) is 5.97. The zero-order chi connectivity index (χ0) is 14.7. The average molecular weight is 316 g/mol. The van der Waals surface area contributed by atoms with Crippen molar-refractivity contribution in [1.29, 1.82) is 0 Å². The van der Waals surface area contributed by atoms with E-state index >= 15 is 0 Å². The van der Waals surface area contributed by atoms with Crippen LogP contribution in [0.3, 0.4) is 0 Å². The first-order valence-corrected chi connectivity index (χ1v) is 8.48. The smallest absolute Gasteiger partial charge is 0.324 e. The van der Waals surface area contributed by atoms with Gasteiger partial charge in [-0.15, -0.1) is 0 Å². The Bertz CT molecular complexity index is 774. The van der Waals surface area contributed by atoms with Gasteiger partial charge in [-0.3, -0.25) is 4.90 Å². The molecule has 2 atom stereocenters. The Morgan fingerprint density at radius 2 is 2.36 bits per heavy atom. The summed E-state index contributed by atoms with van der Waals surface area (Å²) >= 11 is 1.60. The van der Waals surface area contributed by atoms with E-state index in [-0.39, 0.29) is 18.1 Å². The number of urea groups is 1. The van der Waals surface area contributed by atoms with Crippen LogP contribution in [-0.4, -0.2) is 42.8 Å². The second-order valence-corrected chi connectivity index (χ2v) is 6.98. The minimum atomic E-state index is -0.0225. The van der Waals surface area contributed by atoms with Crippen molar-refractivity contribution in [3.05, 3.63) is 17.7 Å². The molecule has 114 valence electrons. The van der Waals surface area contributed by atoms with Crippen molar-refractivity contribution in [1.82, 2.24) is 15.6 Å². The third-order valence-corrected chi connectivity index (χ3v) is 5.75. The third-order valence-electron chi connectivity index (χ3n) is 4.73. The van der Waals surface area contributed by atoms with E-state index in [9.17, 15) is 4.79 Å². The number of nitrogens with one attached hydrogen (secondary N) is 2. The van der Waals surface area contributed by atoms with Crippen molar-refractivity contribution in [3.63, 3.8) is 0 Å². The van der Waals surface area contributed by atoms with Gasteiger partial charge in [0, 0.05) is 18.5 Å². The van der Waals surface area contributed by atoms with Gasteiger partial charge < -0.3 is 15.4 Å². The van der Waals surface area contributed by atoms with Crippen LogP contribution < -0.4 is 20.3 Å². The molecule has 5 rings (SSSR count). The Hall–Kier alpha value is -1.86.